The van der Waals surface area contributed by atoms with Crippen LogP contribution in [0.5, 0.6) is 0 Å². The Labute approximate surface area is 216 Å². The Bertz CT molecular complexity index is 996. The van der Waals surface area contributed by atoms with Crippen molar-refractivity contribution >= 4 is 27.7 Å². The molecular formula is C25H35BrFN7O. The van der Waals surface area contributed by atoms with Crippen LogP contribution in [0.15, 0.2) is 34.9 Å². The van der Waals surface area contributed by atoms with Gasteiger partial charge in [0.1, 0.15) is 6.07 Å². The van der Waals surface area contributed by atoms with E-state index in [1.54, 1.807) is 5.01 Å². The molecule has 10 heteroatoms. The summed E-state index contributed by atoms with van der Waals surface area (Å²) in [7, 11) is 2.66. The van der Waals surface area contributed by atoms with Crippen molar-refractivity contribution < 1.29 is 9.18 Å². The molecule has 0 bridgehead atoms. The van der Waals surface area contributed by atoms with Gasteiger partial charge >= 0.3 is 0 Å². The van der Waals surface area contributed by atoms with E-state index in [0.29, 0.717) is 24.0 Å². The maximum Gasteiger partial charge on any atom is 0.242 e. The number of likely N-dealkylation sites (N-methyl/N-ethyl adjacent to an activating group) is 1. The van der Waals surface area contributed by atoms with E-state index in [-0.39, 0.29) is 23.6 Å². The molecule has 35 heavy (non-hydrogen) atoms. The van der Waals surface area contributed by atoms with Crippen LogP contribution in [0.1, 0.15) is 37.7 Å². The minimum atomic E-state index is -0.143. The van der Waals surface area contributed by atoms with Gasteiger partial charge in [0.25, 0.3) is 0 Å². The maximum atomic E-state index is 12.9. The van der Waals surface area contributed by atoms with Crippen LogP contribution in [0, 0.1) is 16.7 Å². The molecule has 0 unspecified atom stereocenters. The number of carbonyl (C=O) groups excluding carboxylic acids is 1. The number of anilines is 1. The first-order chi connectivity index (χ1) is 16.6. The van der Waals surface area contributed by atoms with Crippen LogP contribution in [0.4, 0.5) is 10.2 Å². The van der Waals surface area contributed by atoms with E-state index in [9.17, 15) is 14.4 Å². The number of carbonyl (C=O) groups is 1. The third kappa shape index (κ3) is 9.51. The predicted octanol–water partition coefficient (Wildman–Crippen LogP) is 3.57. The Balaban J connectivity index is 0.00000210. The van der Waals surface area contributed by atoms with Crippen molar-refractivity contribution in [1.82, 2.24) is 25.2 Å². The maximum absolute atomic E-state index is 12.9. The van der Waals surface area contributed by atoms with Gasteiger partial charge in [-0.3, -0.25) is 24.5 Å². The zero-order chi connectivity index (χ0) is 26.0. The van der Waals surface area contributed by atoms with Crippen molar-refractivity contribution in [1.29, 1.82) is 5.26 Å². The Morgan fingerprint density at radius 2 is 1.77 bits per heavy atom. The largest absolute Gasteiger partial charge is 0.304 e. The van der Waals surface area contributed by atoms with E-state index in [4.69, 9.17) is 0 Å². The lowest BCUT2D eigenvalue weighted by atomic mass is 9.97. The van der Waals surface area contributed by atoms with Crippen LogP contribution >= 0.6 is 15.9 Å². The summed E-state index contributed by atoms with van der Waals surface area (Å²) >= 11 is 3.44. The van der Waals surface area contributed by atoms with Crippen molar-refractivity contribution in [3.8, 4) is 6.07 Å². The van der Waals surface area contributed by atoms with E-state index in [1.807, 2.05) is 18.2 Å². The van der Waals surface area contributed by atoms with Crippen LogP contribution in [0.3, 0.4) is 0 Å². The van der Waals surface area contributed by atoms with Crippen LogP contribution in [0.25, 0.3) is 0 Å². The summed E-state index contributed by atoms with van der Waals surface area (Å²) < 4.78 is 10.1. The second kappa shape index (κ2) is 13.5. The van der Waals surface area contributed by atoms with E-state index in [2.05, 4.69) is 81.1 Å². The van der Waals surface area contributed by atoms with E-state index >= 15 is 0 Å². The second-order valence-corrected chi connectivity index (χ2v) is 10.6. The first-order valence-corrected chi connectivity index (χ1v) is 12.3. The number of halogens is 2. The van der Waals surface area contributed by atoms with Crippen molar-refractivity contribution in [2.75, 3.05) is 52.0 Å². The first kappa shape index (κ1) is 28.6. The fraction of sp³-hybridized carbons (Fsp3) is 0.520. The molecule has 0 radical (unpaired) electrons. The van der Waals surface area contributed by atoms with Crippen LogP contribution in [0.2, 0.25) is 0 Å². The van der Waals surface area contributed by atoms with E-state index < -0.39 is 0 Å². The smallest absolute Gasteiger partial charge is 0.242 e. The summed E-state index contributed by atoms with van der Waals surface area (Å²) in [5, 5.41) is 10.9. The predicted molar refractivity (Wildman–Crippen MR) is 139 cm³/mol. The normalized spacial score (nSPS) is 14.5. The monoisotopic (exact) mass is 547 g/mol. The number of piperazine rings is 1. The molecule has 2 heterocycles. The SMILES string of the molecule is CF.CN1CCN(Cc2ccc(CC(=O)NN(CC(C)(C)C)c3nc(C#N)ncc3Br)cc2)CC1. The summed E-state index contributed by atoms with van der Waals surface area (Å²) in [5.41, 5.74) is 5.06. The van der Waals surface area contributed by atoms with Crippen LogP contribution < -0.4 is 10.4 Å². The fourth-order valence-corrected chi connectivity index (χ4v) is 4.05. The molecule has 1 aliphatic rings. The number of nitrogens with zero attached hydrogens (tertiary/aromatic N) is 6. The second-order valence-electron chi connectivity index (χ2n) is 9.73. The minimum Gasteiger partial charge on any atom is -0.304 e. The number of rotatable bonds is 7. The number of nitrogens with one attached hydrogen (secondary N) is 1. The highest BCUT2D eigenvalue weighted by molar-refractivity contribution is 9.10. The van der Waals surface area contributed by atoms with Gasteiger partial charge in [0, 0.05) is 45.5 Å². The molecular weight excluding hydrogens is 513 g/mol. The van der Waals surface area contributed by atoms with Crippen LogP contribution in [-0.4, -0.2) is 72.6 Å². The number of amides is 1. The third-order valence-corrected chi connectivity index (χ3v) is 5.92. The molecule has 2 aromatic rings. The lowest BCUT2D eigenvalue weighted by Crippen LogP contribution is -2.47. The minimum absolute atomic E-state index is 0.0531. The van der Waals surface area contributed by atoms with Crippen molar-refractivity contribution in [2.24, 2.45) is 5.41 Å². The highest BCUT2D eigenvalue weighted by Crippen LogP contribution is 2.25. The fourth-order valence-electron chi connectivity index (χ4n) is 3.65. The molecule has 1 aromatic heterocycles. The Morgan fingerprint density at radius 3 is 2.34 bits per heavy atom. The van der Waals surface area contributed by atoms with Gasteiger partial charge in [-0.15, -0.1) is 0 Å². The lowest BCUT2D eigenvalue weighted by molar-refractivity contribution is -0.120. The molecule has 1 fully saturated rings. The van der Waals surface area contributed by atoms with Gasteiger partial charge < -0.3 is 4.90 Å². The van der Waals surface area contributed by atoms with Crippen molar-refractivity contribution in [2.45, 2.75) is 33.7 Å². The summed E-state index contributed by atoms with van der Waals surface area (Å²) in [6.45, 7) is 12.0. The lowest BCUT2D eigenvalue weighted by Gasteiger charge is -2.32. The van der Waals surface area contributed by atoms with Gasteiger partial charge in [-0.1, -0.05) is 45.0 Å². The van der Waals surface area contributed by atoms with Gasteiger partial charge in [-0.25, -0.2) is 4.98 Å². The molecule has 1 amide bonds. The number of hydrazine groups is 1. The highest BCUT2D eigenvalue weighted by Gasteiger charge is 2.23. The molecule has 3 rings (SSSR count). The van der Waals surface area contributed by atoms with E-state index in [1.165, 1.54) is 11.8 Å². The Kier molecular flexibility index (Phi) is 11.0. The number of aromatic nitrogens is 2. The van der Waals surface area contributed by atoms with Gasteiger partial charge in [-0.2, -0.15) is 10.2 Å². The van der Waals surface area contributed by atoms with Gasteiger partial charge in [0.2, 0.25) is 11.7 Å². The highest BCUT2D eigenvalue weighted by atomic mass is 79.9. The van der Waals surface area contributed by atoms with Gasteiger partial charge in [0.05, 0.1) is 18.1 Å². The number of hydrogen-bond acceptors (Lipinski definition) is 7. The topological polar surface area (TPSA) is 88.4 Å². The molecule has 0 atom stereocenters. The number of hydrogen-bond donors (Lipinski definition) is 1. The van der Waals surface area contributed by atoms with Crippen molar-refractivity contribution in [3.63, 3.8) is 0 Å². The zero-order valence-corrected chi connectivity index (χ0v) is 22.8. The number of alkyl halides is 1. The number of nitriles is 1. The molecule has 190 valence electrons. The first-order valence-electron chi connectivity index (χ1n) is 11.5. The summed E-state index contributed by atoms with van der Waals surface area (Å²) in [4.78, 5) is 26.0. The Hall–Kier alpha value is -2.61. The molecule has 1 aromatic carbocycles. The average molecular weight is 549 g/mol. The quantitative estimate of drug-likeness (QED) is 0.530. The zero-order valence-electron chi connectivity index (χ0n) is 21.2. The molecule has 1 N–H and O–H groups in total. The molecule has 0 aliphatic carbocycles. The van der Waals surface area contributed by atoms with E-state index in [0.717, 1.165) is 38.3 Å². The van der Waals surface area contributed by atoms with Crippen LogP contribution in [-0.2, 0) is 17.8 Å². The summed E-state index contributed by atoms with van der Waals surface area (Å²) in [6.07, 6.45) is 1.78. The molecule has 1 saturated heterocycles. The average Bonchev–Trinajstić information content (AvgIpc) is 2.82. The molecule has 0 spiro atoms. The third-order valence-electron chi connectivity index (χ3n) is 5.36. The van der Waals surface area contributed by atoms with Gasteiger partial charge in [-0.05, 0) is 39.5 Å². The number of benzene rings is 1. The Morgan fingerprint density at radius 1 is 1.17 bits per heavy atom. The molecule has 1 aliphatic heterocycles. The molecule has 8 nitrogen and oxygen atoms in total. The van der Waals surface area contributed by atoms with Gasteiger partial charge in [0.15, 0.2) is 5.82 Å². The standard InChI is InChI=1S/C24H32BrN7O.CH3F/c1-24(2,3)17-32(23-20(25)15-27-21(14-26)28-23)29-22(33)13-18-5-7-19(8-6-18)16-31-11-9-30(4)10-12-31;1-2/h5-8,15H,9-13,16-17H2,1-4H3,(H,29,33);1H3. The summed E-state index contributed by atoms with van der Waals surface area (Å²) in [6, 6.07) is 10.2. The molecule has 0 saturated carbocycles. The van der Waals surface area contributed by atoms with Crippen molar-refractivity contribution in [3.05, 3.63) is 51.9 Å². The summed E-state index contributed by atoms with van der Waals surface area (Å²) in [5.74, 6) is 0.375.